The lowest BCUT2D eigenvalue weighted by atomic mass is 10.4. The van der Waals surface area contributed by atoms with Crippen molar-refractivity contribution in [3.63, 3.8) is 0 Å². The van der Waals surface area contributed by atoms with E-state index in [1.807, 2.05) is 0 Å². The Morgan fingerprint density at radius 2 is 2.50 bits per heavy atom. The first-order valence-electron chi connectivity index (χ1n) is 2.30. The van der Waals surface area contributed by atoms with Gasteiger partial charge in [-0.1, -0.05) is 11.6 Å². The van der Waals surface area contributed by atoms with E-state index in [1.54, 1.807) is 13.5 Å². The van der Waals surface area contributed by atoms with E-state index in [2.05, 4.69) is 16.6 Å². The molecule has 0 spiro atoms. The van der Waals surface area contributed by atoms with Crippen molar-refractivity contribution in [3.05, 3.63) is 6.61 Å². The first kappa shape index (κ1) is 7.81. The molecule has 45 valence electrons. The Bertz CT molecular complexity index is 90.4. The van der Waals surface area contributed by atoms with Gasteiger partial charge in [0.15, 0.2) is 0 Å². The highest BCUT2D eigenvalue weighted by atomic mass is 35.5. The molecule has 8 heavy (non-hydrogen) atoms. The fourth-order valence-corrected chi connectivity index (χ4v) is 0.336. The summed E-state index contributed by atoms with van der Waals surface area (Å²) in [6.45, 7) is 3.37. The Morgan fingerprint density at radius 3 is 3.00 bits per heavy atom. The van der Waals surface area contributed by atoms with Crippen molar-refractivity contribution in [2.75, 3.05) is 6.07 Å². The standard InChI is InChI=1S/C6H8ClO/c1-2-3-4-5-8-6-7/h5H,4,6H2,1H3. The second kappa shape index (κ2) is 6.81. The summed E-state index contributed by atoms with van der Waals surface area (Å²) in [6, 6.07) is 0.214. The molecule has 0 fully saturated rings. The van der Waals surface area contributed by atoms with Gasteiger partial charge in [0.05, 0.1) is 6.61 Å². The molecule has 0 saturated carbocycles. The highest BCUT2D eigenvalue weighted by Crippen LogP contribution is 1.88. The zero-order chi connectivity index (χ0) is 6.24. The molecule has 0 aliphatic heterocycles. The molecule has 0 aromatic heterocycles. The van der Waals surface area contributed by atoms with Gasteiger partial charge in [-0.25, -0.2) is 0 Å². The zero-order valence-corrected chi connectivity index (χ0v) is 5.53. The summed E-state index contributed by atoms with van der Waals surface area (Å²) < 4.78 is 4.67. The van der Waals surface area contributed by atoms with Crippen LogP contribution >= 0.6 is 11.6 Å². The van der Waals surface area contributed by atoms with Crippen LogP contribution in [-0.2, 0) is 4.74 Å². The lowest BCUT2D eigenvalue weighted by molar-refractivity contribution is 0.252. The molecule has 0 rings (SSSR count). The first-order valence-corrected chi connectivity index (χ1v) is 2.84. The molecule has 0 aromatic carbocycles. The summed E-state index contributed by atoms with van der Waals surface area (Å²) in [6.07, 6.45) is 0.656. The van der Waals surface area contributed by atoms with Gasteiger partial charge in [-0.3, -0.25) is 0 Å². The van der Waals surface area contributed by atoms with Crippen molar-refractivity contribution < 1.29 is 4.74 Å². The Labute approximate surface area is 55.0 Å². The largest absolute Gasteiger partial charge is 0.359 e. The van der Waals surface area contributed by atoms with Crippen molar-refractivity contribution in [3.8, 4) is 11.8 Å². The molecule has 2 heteroatoms. The van der Waals surface area contributed by atoms with E-state index in [0.717, 1.165) is 0 Å². The Morgan fingerprint density at radius 1 is 1.75 bits per heavy atom. The monoisotopic (exact) mass is 131 g/mol. The number of hydrogen-bond acceptors (Lipinski definition) is 1. The average molecular weight is 132 g/mol. The summed E-state index contributed by atoms with van der Waals surface area (Å²) in [5.41, 5.74) is 0. The Hall–Kier alpha value is -0.190. The maximum Gasteiger partial charge on any atom is 0.121 e. The molecule has 0 amide bonds. The third kappa shape index (κ3) is 5.81. The van der Waals surface area contributed by atoms with Crippen molar-refractivity contribution in [2.24, 2.45) is 0 Å². The van der Waals surface area contributed by atoms with Crippen LogP contribution in [0.3, 0.4) is 0 Å². The van der Waals surface area contributed by atoms with Gasteiger partial charge in [0, 0.05) is 6.42 Å². The minimum Gasteiger partial charge on any atom is -0.359 e. The SMILES string of the molecule is CC#CC[CH]OCCl. The van der Waals surface area contributed by atoms with Crippen molar-refractivity contribution in [1.29, 1.82) is 0 Å². The van der Waals surface area contributed by atoms with Crippen LogP contribution < -0.4 is 0 Å². The van der Waals surface area contributed by atoms with E-state index in [9.17, 15) is 0 Å². The average Bonchev–Trinajstić information content (AvgIpc) is 1.81. The van der Waals surface area contributed by atoms with Crippen LogP contribution in [0.25, 0.3) is 0 Å². The van der Waals surface area contributed by atoms with Crippen molar-refractivity contribution >= 4 is 11.6 Å². The van der Waals surface area contributed by atoms with Crippen molar-refractivity contribution in [1.82, 2.24) is 0 Å². The number of alkyl halides is 1. The Balaban J connectivity index is 2.79. The van der Waals surface area contributed by atoms with E-state index in [1.165, 1.54) is 0 Å². The van der Waals surface area contributed by atoms with Gasteiger partial charge in [0.25, 0.3) is 0 Å². The van der Waals surface area contributed by atoms with Crippen LogP contribution in [0.15, 0.2) is 0 Å². The molecular weight excluding hydrogens is 124 g/mol. The maximum atomic E-state index is 5.18. The number of rotatable bonds is 3. The van der Waals surface area contributed by atoms with E-state index in [0.29, 0.717) is 6.42 Å². The molecule has 0 saturated heterocycles. The van der Waals surface area contributed by atoms with Gasteiger partial charge in [-0.15, -0.1) is 11.8 Å². The van der Waals surface area contributed by atoms with Gasteiger partial charge in [0.1, 0.15) is 6.07 Å². The molecule has 1 nitrogen and oxygen atoms in total. The fraction of sp³-hybridized carbons (Fsp3) is 0.500. The van der Waals surface area contributed by atoms with Crippen LogP contribution in [0, 0.1) is 18.4 Å². The van der Waals surface area contributed by atoms with Gasteiger partial charge in [0.2, 0.25) is 0 Å². The third-order valence-electron chi connectivity index (χ3n) is 0.543. The van der Waals surface area contributed by atoms with E-state index >= 15 is 0 Å². The molecule has 0 unspecified atom stereocenters. The molecule has 0 aliphatic carbocycles. The fourth-order valence-electron chi connectivity index (χ4n) is 0.247. The van der Waals surface area contributed by atoms with Gasteiger partial charge in [-0.05, 0) is 6.92 Å². The lowest BCUT2D eigenvalue weighted by Crippen LogP contribution is -1.80. The van der Waals surface area contributed by atoms with Crippen LogP contribution in [0.5, 0.6) is 0 Å². The molecule has 0 N–H and O–H groups in total. The van der Waals surface area contributed by atoms with Crippen molar-refractivity contribution in [2.45, 2.75) is 13.3 Å². The van der Waals surface area contributed by atoms with E-state index < -0.39 is 0 Å². The number of halogens is 1. The molecule has 0 atom stereocenters. The molecule has 0 heterocycles. The molecule has 0 aliphatic rings. The Kier molecular flexibility index (Phi) is 6.65. The first-order chi connectivity index (χ1) is 3.91. The minimum atomic E-state index is 0.214. The van der Waals surface area contributed by atoms with Crippen LogP contribution in [0.2, 0.25) is 0 Å². The normalized spacial score (nSPS) is 7.75. The summed E-state index contributed by atoms with van der Waals surface area (Å²) in [4.78, 5) is 0. The van der Waals surface area contributed by atoms with Crippen LogP contribution in [0.1, 0.15) is 13.3 Å². The topological polar surface area (TPSA) is 9.23 Å². The molecule has 0 aromatic rings. The highest BCUT2D eigenvalue weighted by Gasteiger charge is 1.78. The summed E-state index contributed by atoms with van der Waals surface area (Å²) >= 11 is 5.18. The predicted octanol–water partition coefficient (Wildman–Crippen LogP) is 1.77. The summed E-state index contributed by atoms with van der Waals surface area (Å²) in [5.74, 6) is 5.52. The quantitative estimate of drug-likeness (QED) is 0.322. The summed E-state index contributed by atoms with van der Waals surface area (Å²) in [5, 5.41) is 0. The highest BCUT2D eigenvalue weighted by molar-refractivity contribution is 6.17. The van der Waals surface area contributed by atoms with Gasteiger partial charge in [-0.2, -0.15) is 0 Å². The minimum absolute atomic E-state index is 0.214. The summed E-state index contributed by atoms with van der Waals surface area (Å²) in [7, 11) is 0. The van der Waals surface area contributed by atoms with E-state index in [-0.39, 0.29) is 6.07 Å². The molecule has 0 bridgehead atoms. The smallest absolute Gasteiger partial charge is 0.121 e. The molecule has 1 radical (unpaired) electrons. The van der Waals surface area contributed by atoms with Gasteiger partial charge >= 0.3 is 0 Å². The molecular formula is C6H8ClO. The number of ether oxygens (including phenoxy) is 1. The van der Waals surface area contributed by atoms with Crippen LogP contribution in [0.4, 0.5) is 0 Å². The maximum absolute atomic E-state index is 5.18. The van der Waals surface area contributed by atoms with Crippen LogP contribution in [-0.4, -0.2) is 6.07 Å². The van der Waals surface area contributed by atoms with E-state index in [4.69, 9.17) is 11.6 Å². The van der Waals surface area contributed by atoms with Gasteiger partial charge < -0.3 is 4.74 Å². The second-order valence-electron chi connectivity index (χ2n) is 1.07. The predicted molar refractivity (Wildman–Crippen MR) is 34.2 cm³/mol. The second-order valence-corrected chi connectivity index (χ2v) is 1.29. The lowest BCUT2D eigenvalue weighted by Gasteiger charge is -1.89. The third-order valence-corrected chi connectivity index (χ3v) is 0.669. The number of hydrogen-bond donors (Lipinski definition) is 0. The zero-order valence-electron chi connectivity index (χ0n) is 4.78.